The second kappa shape index (κ2) is 3.87. The van der Waals surface area contributed by atoms with E-state index in [0.717, 1.165) is 6.42 Å². The Balaban J connectivity index is 2.34. The summed E-state index contributed by atoms with van der Waals surface area (Å²) in [5.74, 6) is -0.111. The third-order valence-corrected chi connectivity index (χ3v) is 4.46. The van der Waals surface area contributed by atoms with Crippen molar-refractivity contribution in [2.75, 3.05) is 6.54 Å². The van der Waals surface area contributed by atoms with E-state index in [1.807, 2.05) is 0 Å². The van der Waals surface area contributed by atoms with Crippen molar-refractivity contribution in [1.82, 2.24) is 14.5 Å². The Morgan fingerprint density at radius 1 is 1.69 bits per heavy atom. The normalized spacial score (nSPS) is 22.4. The van der Waals surface area contributed by atoms with E-state index in [1.54, 1.807) is 0 Å². The highest BCUT2D eigenvalue weighted by atomic mass is 32.2. The summed E-state index contributed by atoms with van der Waals surface area (Å²) < 4.78 is 25.5. The summed E-state index contributed by atoms with van der Waals surface area (Å²) in [5, 5.41) is 13.5. The molecule has 1 aromatic heterocycles. The molecular weight excluding hydrogens is 230 g/mol. The summed E-state index contributed by atoms with van der Waals surface area (Å²) in [5.41, 5.74) is 5.39. The molecule has 88 valence electrons. The summed E-state index contributed by atoms with van der Waals surface area (Å²) in [6.45, 7) is 0.394. The smallest absolute Gasteiger partial charge is 0.260 e. The molecule has 0 radical (unpaired) electrons. The Kier molecular flexibility index (Phi) is 2.68. The molecular formula is C8H13N5O2S. The van der Waals surface area contributed by atoms with Crippen molar-refractivity contribution in [2.24, 2.45) is 5.73 Å². The molecule has 16 heavy (non-hydrogen) atoms. The number of hydrogen-bond donors (Lipinski definition) is 3. The van der Waals surface area contributed by atoms with E-state index >= 15 is 0 Å². The summed E-state index contributed by atoms with van der Waals surface area (Å²) in [6.07, 6.45) is 2.70. The molecule has 0 spiro atoms. The van der Waals surface area contributed by atoms with Gasteiger partial charge >= 0.3 is 0 Å². The fourth-order valence-electron chi connectivity index (χ4n) is 1.85. The van der Waals surface area contributed by atoms with Crippen molar-refractivity contribution in [1.29, 1.82) is 5.41 Å². The molecule has 4 N–H and O–H groups in total. The molecule has 1 aliphatic heterocycles. The van der Waals surface area contributed by atoms with Crippen LogP contribution in [0, 0.1) is 5.41 Å². The average Bonchev–Trinajstić information content (AvgIpc) is 2.89. The van der Waals surface area contributed by atoms with Crippen LogP contribution in [0.1, 0.15) is 12.8 Å². The third kappa shape index (κ3) is 1.69. The Morgan fingerprint density at radius 2 is 2.44 bits per heavy atom. The lowest BCUT2D eigenvalue weighted by molar-refractivity contribution is 0.440. The van der Waals surface area contributed by atoms with Crippen molar-refractivity contribution >= 4 is 15.9 Å². The van der Waals surface area contributed by atoms with Crippen LogP contribution in [0.2, 0.25) is 0 Å². The maximum Gasteiger partial charge on any atom is 0.260 e. The number of hydrogen-bond acceptors (Lipinski definition) is 4. The molecule has 1 unspecified atom stereocenters. The third-order valence-electron chi connectivity index (χ3n) is 2.62. The Bertz CT molecular complexity index is 481. The van der Waals surface area contributed by atoms with E-state index in [-0.39, 0.29) is 10.9 Å². The van der Waals surface area contributed by atoms with E-state index in [2.05, 4.69) is 10.2 Å². The molecule has 1 saturated heterocycles. The number of aromatic nitrogens is 2. The van der Waals surface area contributed by atoms with E-state index in [4.69, 9.17) is 11.1 Å². The van der Waals surface area contributed by atoms with Gasteiger partial charge in [-0.1, -0.05) is 0 Å². The summed E-state index contributed by atoms with van der Waals surface area (Å²) >= 11 is 0. The molecule has 1 fully saturated rings. The molecule has 2 heterocycles. The topological polar surface area (TPSA) is 116 Å². The summed E-state index contributed by atoms with van der Waals surface area (Å²) in [6, 6.07) is 0.874. The van der Waals surface area contributed by atoms with Crippen LogP contribution in [0.3, 0.4) is 0 Å². The summed E-state index contributed by atoms with van der Waals surface area (Å²) in [7, 11) is -3.60. The zero-order valence-corrected chi connectivity index (χ0v) is 9.37. The minimum absolute atomic E-state index is 0.0423. The predicted octanol–water partition coefficient (Wildman–Crippen LogP) is -0.501. The highest BCUT2D eigenvalue weighted by Gasteiger charge is 2.37. The van der Waals surface area contributed by atoms with Crippen LogP contribution < -0.4 is 5.73 Å². The van der Waals surface area contributed by atoms with Crippen LogP contribution in [0.15, 0.2) is 17.3 Å². The van der Waals surface area contributed by atoms with E-state index in [1.165, 1.54) is 16.6 Å². The van der Waals surface area contributed by atoms with Gasteiger partial charge in [-0.3, -0.25) is 10.5 Å². The maximum atomic E-state index is 12.1. The highest BCUT2D eigenvalue weighted by Crippen LogP contribution is 2.24. The number of nitrogens with one attached hydrogen (secondary N) is 2. The molecule has 0 amide bonds. The van der Waals surface area contributed by atoms with Gasteiger partial charge in [-0.2, -0.15) is 9.40 Å². The molecule has 1 aliphatic rings. The van der Waals surface area contributed by atoms with Gasteiger partial charge in [0.1, 0.15) is 5.84 Å². The first-order chi connectivity index (χ1) is 7.53. The number of nitrogens with zero attached hydrogens (tertiary/aromatic N) is 2. The van der Waals surface area contributed by atoms with Crippen molar-refractivity contribution in [3.05, 3.63) is 12.3 Å². The largest absolute Gasteiger partial charge is 0.386 e. The first-order valence-electron chi connectivity index (χ1n) is 4.88. The fourth-order valence-corrected chi connectivity index (χ4v) is 3.43. The van der Waals surface area contributed by atoms with Gasteiger partial charge in [0, 0.05) is 6.54 Å². The second-order valence-corrected chi connectivity index (χ2v) is 5.51. The van der Waals surface area contributed by atoms with Crippen LogP contribution >= 0.6 is 0 Å². The lowest BCUT2D eigenvalue weighted by Crippen LogP contribution is -2.43. The van der Waals surface area contributed by atoms with Crippen molar-refractivity contribution in [3.63, 3.8) is 0 Å². The second-order valence-electron chi connectivity index (χ2n) is 3.65. The molecule has 2 rings (SSSR count). The minimum Gasteiger partial charge on any atom is -0.386 e. The molecule has 1 atom stereocenters. The lowest BCUT2D eigenvalue weighted by atomic mass is 10.2. The number of nitrogens with two attached hydrogens (primary N) is 1. The van der Waals surface area contributed by atoms with Crippen molar-refractivity contribution in [3.8, 4) is 0 Å². The van der Waals surface area contributed by atoms with Gasteiger partial charge in [0.2, 0.25) is 0 Å². The SMILES string of the molecule is N=C(N)C1CCCN1S(=O)(=O)c1ccn[nH]1. The van der Waals surface area contributed by atoms with Crippen LogP contribution in [-0.2, 0) is 10.0 Å². The number of rotatable bonds is 3. The van der Waals surface area contributed by atoms with Crippen LogP contribution in [0.4, 0.5) is 0 Å². The van der Waals surface area contributed by atoms with Crippen LogP contribution in [-0.4, -0.2) is 41.3 Å². The number of amidine groups is 1. The van der Waals surface area contributed by atoms with Gasteiger partial charge in [-0.05, 0) is 18.9 Å². The molecule has 8 heteroatoms. The molecule has 0 aliphatic carbocycles. The van der Waals surface area contributed by atoms with Gasteiger partial charge in [0.25, 0.3) is 10.0 Å². The van der Waals surface area contributed by atoms with E-state index in [0.29, 0.717) is 13.0 Å². The average molecular weight is 243 g/mol. The number of aromatic amines is 1. The summed E-state index contributed by atoms with van der Waals surface area (Å²) in [4.78, 5) is 0. The van der Waals surface area contributed by atoms with Gasteiger partial charge in [-0.15, -0.1) is 0 Å². The zero-order chi connectivity index (χ0) is 11.8. The Hall–Kier alpha value is -1.41. The maximum absolute atomic E-state index is 12.1. The molecule has 0 bridgehead atoms. The minimum atomic E-state index is -3.60. The zero-order valence-electron chi connectivity index (χ0n) is 8.55. The van der Waals surface area contributed by atoms with Crippen molar-refractivity contribution in [2.45, 2.75) is 23.9 Å². The standard InChI is InChI=1S/C8H13N5O2S/c9-8(10)6-2-1-5-13(6)16(14,15)7-3-4-11-12-7/h3-4,6H,1-2,5H2,(H3,9,10)(H,11,12). The Labute approximate surface area is 93.2 Å². The molecule has 0 aromatic carbocycles. The molecule has 0 saturated carbocycles. The molecule has 7 nitrogen and oxygen atoms in total. The lowest BCUT2D eigenvalue weighted by Gasteiger charge is -2.21. The Morgan fingerprint density at radius 3 is 3.00 bits per heavy atom. The predicted molar refractivity (Wildman–Crippen MR) is 57.4 cm³/mol. The van der Waals surface area contributed by atoms with Crippen molar-refractivity contribution < 1.29 is 8.42 Å². The number of H-pyrrole nitrogens is 1. The first kappa shape index (κ1) is 11.1. The highest BCUT2D eigenvalue weighted by molar-refractivity contribution is 7.89. The van der Waals surface area contributed by atoms with Gasteiger partial charge in [0.15, 0.2) is 5.03 Å². The fraction of sp³-hybridized carbons (Fsp3) is 0.500. The monoisotopic (exact) mass is 243 g/mol. The first-order valence-corrected chi connectivity index (χ1v) is 6.32. The quantitative estimate of drug-likeness (QED) is 0.490. The van der Waals surface area contributed by atoms with Crippen LogP contribution in [0.5, 0.6) is 0 Å². The van der Waals surface area contributed by atoms with Gasteiger partial charge < -0.3 is 5.73 Å². The van der Waals surface area contributed by atoms with Gasteiger partial charge in [-0.25, -0.2) is 8.42 Å². The van der Waals surface area contributed by atoms with Gasteiger partial charge in [0.05, 0.1) is 12.2 Å². The van der Waals surface area contributed by atoms with Crippen LogP contribution in [0.25, 0.3) is 0 Å². The van der Waals surface area contributed by atoms with E-state index in [9.17, 15) is 8.42 Å². The molecule has 1 aromatic rings. The van der Waals surface area contributed by atoms with E-state index < -0.39 is 16.1 Å². The number of sulfonamides is 1.